The van der Waals surface area contributed by atoms with Gasteiger partial charge in [0.15, 0.2) is 0 Å². The van der Waals surface area contributed by atoms with Crippen LogP contribution < -0.4 is 11.5 Å². The molecule has 0 aliphatic heterocycles. The number of rotatable bonds is 23. The van der Waals surface area contributed by atoms with Gasteiger partial charge in [0.25, 0.3) is 0 Å². The fraction of sp³-hybridized carbons (Fsp3) is 0.538. The molecular formula is C52H74N2. The molecule has 0 heterocycles. The van der Waals surface area contributed by atoms with Crippen molar-refractivity contribution >= 4 is 11.4 Å². The third kappa shape index (κ3) is 12.5. The molecule has 3 unspecified atom stereocenters. The topological polar surface area (TPSA) is 52.0 Å². The van der Waals surface area contributed by atoms with Crippen LogP contribution in [0.1, 0.15) is 200 Å². The molecule has 1 saturated carbocycles. The van der Waals surface area contributed by atoms with Crippen molar-refractivity contribution < 1.29 is 0 Å². The van der Waals surface area contributed by atoms with Crippen molar-refractivity contribution in [3.63, 3.8) is 0 Å². The van der Waals surface area contributed by atoms with Crippen LogP contribution in [0, 0.1) is 11.8 Å². The lowest BCUT2D eigenvalue weighted by molar-refractivity contribution is 0.214. The van der Waals surface area contributed by atoms with Crippen LogP contribution in [0.3, 0.4) is 0 Å². The van der Waals surface area contributed by atoms with Crippen molar-refractivity contribution in [3.8, 4) is 0 Å². The first-order chi connectivity index (χ1) is 26.5. The average molecular weight is 727 g/mol. The molecule has 0 aromatic heterocycles. The Balaban J connectivity index is 1.42. The molecule has 0 radical (unpaired) electrons. The summed E-state index contributed by atoms with van der Waals surface area (Å²) in [5.74, 6) is 2.97. The summed E-state index contributed by atoms with van der Waals surface area (Å²) >= 11 is 0. The minimum Gasteiger partial charge on any atom is -0.399 e. The summed E-state index contributed by atoms with van der Waals surface area (Å²) in [6, 6.07) is 36.9. The lowest BCUT2D eigenvalue weighted by Gasteiger charge is -2.32. The fourth-order valence-corrected chi connectivity index (χ4v) is 9.56. The molecule has 4 aromatic carbocycles. The molecular weight excluding hydrogens is 653 g/mol. The summed E-state index contributed by atoms with van der Waals surface area (Å²) < 4.78 is 0. The van der Waals surface area contributed by atoms with Gasteiger partial charge in [0.05, 0.1) is 0 Å². The molecule has 1 fully saturated rings. The van der Waals surface area contributed by atoms with Crippen LogP contribution in [0.5, 0.6) is 0 Å². The van der Waals surface area contributed by atoms with Gasteiger partial charge in [-0.25, -0.2) is 0 Å². The van der Waals surface area contributed by atoms with E-state index in [1.165, 1.54) is 162 Å². The largest absolute Gasteiger partial charge is 0.399 e. The van der Waals surface area contributed by atoms with Gasteiger partial charge in [0.2, 0.25) is 0 Å². The standard InChI is InChI=1S/C52H74N2/c1-4-7-10-11-12-14-19-41(40-17-15-13-16-18-40)34-39-52(44-26-22-42(23-27-44)50(20-8-5-2)46-30-35-48(53)36-31-46)45-28-24-43(25-29-45)51(21-9-6-3)47-32-37-49(54)38-33-47/h22-33,35-38,40-41,50-52H,4-21,34,39,53-54H2,1-3H3. The Morgan fingerprint density at radius 3 is 1.15 bits per heavy atom. The minimum atomic E-state index is 0.402. The van der Waals surface area contributed by atoms with Gasteiger partial charge in [-0.2, -0.15) is 0 Å². The highest BCUT2D eigenvalue weighted by Crippen LogP contribution is 2.41. The summed E-state index contributed by atoms with van der Waals surface area (Å²) in [5.41, 5.74) is 22.4. The number of hydrogen-bond acceptors (Lipinski definition) is 2. The van der Waals surface area contributed by atoms with Crippen LogP contribution in [0.2, 0.25) is 0 Å². The second kappa shape index (κ2) is 22.8. The Hall–Kier alpha value is -3.52. The first-order valence-corrected chi connectivity index (χ1v) is 22.4. The molecule has 2 nitrogen and oxygen atoms in total. The zero-order chi connectivity index (χ0) is 38.0. The third-order valence-electron chi connectivity index (χ3n) is 12.9. The monoisotopic (exact) mass is 727 g/mol. The Morgan fingerprint density at radius 2 is 0.741 bits per heavy atom. The molecule has 0 spiro atoms. The summed E-state index contributed by atoms with van der Waals surface area (Å²) in [6.45, 7) is 6.92. The van der Waals surface area contributed by atoms with E-state index in [1.54, 1.807) is 0 Å². The molecule has 2 heteroatoms. The van der Waals surface area contributed by atoms with E-state index in [0.29, 0.717) is 17.8 Å². The van der Waals surface area contributed by atoms with Crippen LogP contribution in [0.15, 0.2) is 97.1 Å². The highest BCUT2D eigenvalue weighted by molar-refractivity contribution is 5.45. The average Bonchev–Trinajstić information content (AvgIpc) is 3.21. The summed E-state index contributed by atoms with van der Waals surface area (Å²) in [4.78, 5) is 0. The van der Waals surface area contributed by atoms with E-state index in [9.17, 15) is 0 Å². The van der Waals surface area contributed by atoms with Gasteiger partial charge in [-0.1, -0.05) is 196 Å². The molecule has 292 valence electrons. The predicted molar refractivity (Wildman–Crippen MR) is 236 cm³/mol. The summed E-state index contributed by atoms with van der Waals surface area (Å²) in [6.07, 6.45) is 26.8. The van der Waals surface area contributed by atoms with Crippen LogP contribution in [-0.2, 0) is 0 Å². The van der Waals surface area contributed by atoms with Gasteiger partial charge in [-0.15, -0.1) is 0 Å². The number of unbranched alkanes of at least 4 members (excludes halogenated alkanes) is 7. The first-order valence-electron chi connectivity index (χ1n) is 22.4. The van der Waals surface area contributed by atoms with Crippen molar-refractivity contribution in [2.75, 3.05) is 11.5 Å². The van der Waals surface area contributed by atoms with Crippen molar-refractivity contribution in [3.05, 3.63) is 130 Å². The van der Waals surface area contributed by atoms with Crippen LogP contribution in [-0.4, -0.2) is 0 Å². The zero-order valence-electron chi connectivity index (χ0n) is 34.4. The second-order valence-corrected chi connectivity index (χ2v) is 16.9. The number of hydrogen-bond donors (Lipinski definition) is 2. The quantitative estimate of drug-likeness (QED) is 0.0590. The van der Waals surface area contributed by atoms with Gasteiger partial charge in [0.1, 0.15) is 0 Å². The van der Waals surface area contributed by atoms with Crippen molar-refractivity contribution in [1.82, 2.24) is 0 Å². The van der Waals surface area contributed by atoms with Crippen LogP contribution in [0.25, 0.3) is 0 Å². The lowest BCUT2D eigenvalue weighted by Crippen LogP contribution is -2.19. The SMILES string of the molecule is CCCCCCCCC(CCC(c1ccc(C(CCCC)c2ccc(N)cc2)cc1)c1ccc(C(CCCC)c2ccc(N)cc2)cc1)C1CCCCC1. The molecule has 3 atom stereocenters. The van der Waals surface area contributed by atoms with E-state index < -0.39 is 0 Å². The maximum atomic E-state index is 6.10. The van der Waals surface area contributed by atoms with E-state index in [4.69, 9.17) is 11.5 Å². The maximum Gasteiger partial charge on any atom is 0.0314 e. The van der Waals surface area contributed by atoms with E-state index in [1.807, 2.05) is 0 Å². The van der Waals surface area contributed by atoms with Gasteiger partial charge >= 0.3 is 0 Å². The first kappa shape index (κ1) is 41.6. The number of nitrogens with two attached hydrogens (primary N) is 2. The normalized spacial score (nSPS) is 15.8. The van der Waals surface area contributed by atoms with Crippen molar-refractivity contribution in [1.29, 1.82) is 0 Å². The minimum absolute atomic E-state index is 0.402. The molecule has 4 N–H and O–H groups in total. The van der Waals surface area contributed by atoms with Gasteiger partial charge < -0.3 is 11.5 Å². The molecule has 54 heavy (non-hydrogen) atoms. The van der Waals surface area contributed by atoms with E-state index in [2.05, 4.69) is 118 Å². The van der Waals surface area contributed by atoms with Crippen LogP contribution in [0.4, 0.5) is 11.4 Å². The highest BCUT2D eigenvalue weighted by atomic mass is 14.5. The van der Waals surface area contributed by atoms with Gasteiger partial charge in [-0.3, -0.25) is 0 Å². The molecule has 0 saturated heterocycles. The number of nitrogen functional groups attached to an aromatic ring is 2. The molecule has 0 amide bonds. The van der Waals surface area contributed by atoms with Gasteiger partial charge in [0, 0.05) is 29.1 Å². The smallest absolute Gasteiger partial charge is 0.0314 e. The lowest BCUT2D eigenvalue weighted by atomic mass is 9.73. The van der Waals surface area contributed by atoms with Crippen molar-refractivity contribution in [2.24, 2.45) is 11.8 Å². The predicted octanol–water partition coefficient (Wildman–Crippen LogP) is 15.4. The summed E-state index contributed by atoms with van der Waals surface area (Å²) in [7, 11) is 0. The second-order valence-electron chi connectivity index (χ2n) is 16.9. The fourth-order valence-electron chi connectivity index (χ4n) is 9.56. The number of anilines is 2. The molecule has 4 aromatic rings. The van der Waals surface area contributed by atoms with Crippen LogP contribution >= 0.6 is 0 Å². The molecule has 1 aliphatic carbocycles. The van der Waals surface area contributed by atoms with E-state index >= 15 is 0 Å². The molecule has 1 aliphatic rings. The Bertz CT molecular complexity index is 1460. The Kier molecular flexibility index (Phi) is 17.6. The van der Waals surface area contributed by atoms with E-state index in [-0.39, 0.29) is 0 Å². The van der Waals surface area contributed by atoms with E-state index in [0.717, 1.165) is 23.2 Å². The Morgan fingerprint density at radius 1 is 0.389 bits per heavy atom. The van der Waals surface area contributed by atoms with Crippen molar-refractivity contribution in [2.45, 2.75) is 167 Å². The highest BCUT2D eigenvalue weighted by Gasteiger charge is 2.26. The summed E-state index contributed by atoms with van der Waals surface area (Å²) in [5, 5.41) is 0. The maximum absolute atomic E-state index is 6.10. The third-order valence-corrected chi connectivity index (χ3v) is 12.9. The van der Waals surface area contributed by atoms with Gasteiger partial charge in [-0.05, 0) is 95.2 Å². The Labute approximate surface area is 330 Å². The molecule has 5 rings (SSSR count). The molecule has 0 bridgehead atoms. The zero-order valence-corrected chi connectivity index (χ0v) is 34.4. The number of benzene rings is 4.